The Labute approximate surface area is 30.9 Å². The van der Waals surface area contributed by atoms with Crippen molar-refractivity contribution in [3.63, 3.8) is 0 Å². The number of nitriles is 2. The molecule has 22 valence electrons. The minimum Gasteiger partial charge on any atom is -0.211 e. The third kappa shape index (κ3) is 3.04. The van der Waals surface area contributed by atoms with Crippen LogP contribution in [0.15, 0.2) is 0 Å². The lowest BCUT2D eigenvalue weighted by molar-refractivity contribution is 1.55. The summed E-state index contributed by atoms with van der Waals surface area (Å²) in [7, 11) is 0. The Bertz CT molecular complexity index is 72.8. The van der Waals surface area contributed by atoms with Crippen LogP contribution in [0.3, 0.4) is 0 Å². The molecule has 0 rings (SSSR count). The minimum atomic E-state index is 0. The van der Waals surface area contributed by atoms with E-state index < -0.39 is 0 Å². The summed E-state index contributed by atoms with van der Waals surface area (Å²) < 4.78 is 0. The minimum absolute atomic E-state index is 0. The van der Waals surface area contributed by atoms with Crippen molar-refractivity contribution >= 4 is 7.28 Å². The van der Waals surface area contributed by atoms with E-state index in [0.29, 0.717) is 0 Å². The normalized spacial score (nSPS) is 3.60. The van der Waals surface area contributed by atoms with Gasteiger partial charge in [0.25, 0.3) is 0 Å². The fraction of sp³-hybridized carbons (Fsp3) is 0. The molecule has 0 saturated carbocycles. The van der Waals surface area contributed by atoms with Crippen LogP contribution >= 0.6 is 0 Å². The molecule has 0 heterocycles. The van der Waals surface area contributed by atoms with Crippen molar-refractivity contribution in [3.8, 4) is 11.9 Å². The van der Waals surface area contributed by atoms with Crippen LogP contribution in [0.25, 0.3) is 0 Å². The van der Waals surface area contributed by atoms with Crippen LogP contribution in [0.5, 0.6) is 0 Å². The van der Waals surface area contributed by atoms with Gasteiger partial charge in [0.15, 0.2) is 0 Å². The fourth-order valence-corrected chi connectivity index (χ4v) is 0.0354. The first-order valence-corrected chi connectivity index (χ1v) is 1.15. The molecule has 5 heavy (non-hydrogen) atoms. The summed E-state index contributed by atoms with van der Waals surface area (Å²) in [6.45, 7) is 0. The molecule has 0 aliphatic rings. The third-order valence-electron chi connectivity index (χ3n) is 0.158. The van der Waals surface area contributed by atoms with Gasteiger partial charge in [-0.3, -0.25) is 0 Å². The highest BCUT2D eigenvalue weighted by Gasteiger charge is 1.70. The van der Waals surface area contributed by atoms with Gasteiger partial charge < -0.3 is 0 Å². The molecule has 0 saturated heterocycles. The van der Waals surface area contributed by atoms with Crippen LogP contribution in [0.2, 0.25) is 0 Å². The molecule has 0 aliphatic heterocycles. The van der Waals surface area contributed by atoms with Gasteiger partial charge in [0.05, 0.1) is 0 Å². The largest absolute Gasteiger partial charge is 0.370 e. The Kier molecular flexibility index (Phi) is 2.46. The summed E-state index contributed by atoms with van der Waals surface area (Å²) >= 11 is 0. The number of hydrogen-bond donors (Lipinski definition) is 0. The molecule has 0 atom stereocenters. The van der Waals surface area contributed by atoms with E-state index in [-0.39, 0.29) is 7.28 Å². The number of nitrogens with zero attached hydrogens (tertiary/aromatic N) is 2. The summed E-state index contributed by atoms with van der Waals surface area (Å²) in [6.07, 6.45) is 0. The topological polar surface area (TPSA) is 47.6 Å². The molecule has 2 nitrogen and oxygen atoms in total. The van der Waals surface area contributed by atoms with Gasteiger partial charge in [0, 0.05) is 11.9 Å². The lowest BCUT2D eigenvalue weighted by Gasteiger charge is -1.39. The molecule has 0 aromatic carbocycles. The third-order valence-corrected chi connectivity index (χ3v) is 0.158. The van der Waals surface area contributed by atoms with Gasteiger partial charge >= 0.3 is 7.28 Å². The van der Waals surface area contributed by atoms with Gasteiger partial charge in [0.1, 0.15) is 0 Å². The fourth-order valence-electron chi connectivity index (χ4n) is 0.0354. The summed E-state index contributed by atoms with van der Waals surface area (Å²) in [6, 6.07) is 0. The van der Waals surface area contributed by atoms with Crippen LogP contribution in [0.1, 0.15) is 0 Å². The van der Waals surface area contributed by atoms with Crippen LogP contribution in [-0.4, -0.2) is 7.28 Å². The second-order valence-corrected chi connectivity index (χ2v) is 0.493. The molecule has 0 radical (unpaired) electrons. The smallest absolute Gasteiger partial charge is 0.211 e. The van der Waals surface area contributed by atoms with E-state index in [1.807, 2.05) is 0 Å². The van der Waals surface area contributed by atoms with Crippen molar-refractivity contribution in [1.29, 1.82) is 10.5 Å². The van der Waals surface area contributed by atoms with Crippen LogP contribution < -0.4 is 0 Å². The van der Waals surface area contributed by atoms with Crippen molar-refractivity contribution in [2.75, 3.05) is 0 Å². The van der Waals surface area contributed by atoms with Crippen molar-refractivity contribution < 1.29 is 0 Å². The molecular weight excluding hydrogens is 62.8 g/mol. The van der Waals surface area contributed by atoms with Crippen molar-refractivity contribution in [2.45, 2.75) is 0 Å². The van der Waals surface area contributed by atoms with Gasteiger partial charge in [-0.1, -0.05) is 0 Å². The summed E-state index contributed by atoms with van der Waals surface area (Å²) in [5.41, 5.74) is 0. The average molecular weight is 63.9 g/mol. The van der Waals surface area contributed by atoms with E-state index in [1.54, 1.807) is 11.9 Å². The molecule has 3 heteroatoms. The van der Waals surface area contributed by atoms with E-state index in [2.05, 4.69) is 0 Å². The maximum Gasteiger partial charge on any atom is 0.370 e. The maximum atomic E-state index is 7.59. The summed E-state index contributed by atoms with van der Waals surface area (Å²) in [4.78, 5) is 0. The predicted octanol–water partition coefficient (Wildman–Crippen LogP) is -0.615. The van der Waals surface area contributed by atoms with Crippen LogP contribution in [0, 0.1) is 22.5 Å². The molecule has 0 bridgehead atoms. The molecule has 0 amide bonds. The molecule has 0 fully saturated rings. The zero-order valence-electron chi connectivity index (χ0n) is 2.60. The van der Waals surface area contributed by atoms with Crippen molar-refractivity contribution in [3.05, 3.63) is 0 Å². The Morgan fingerprint density at radius 2 is 1.60 bits per heavy atom. The monoisotopic (exact) mass is 64.0 g/mol. The van der Waals surface area contributed by atoms with Crippen molar-refractivity contribution in [2.24, 2.45) is 0 Å². The first-order chi connectivity index (χ1) is 2.41. The zero-order chi connectivity index (χ0) is 4.12. The van der Waals surface area contributed by atoms with Gasteiger partial charge in [-0.2, -0.15) is 0 Å². The first kappa shape index (κ1) is 4.04. The molecule has 0 unspecified atom stereocenters. The average Bonchev–Trinajstić information content (AvgIpc) is 1.41. The van der Waals surface area contributed by atoms with Crippen molar-refractivity contribution in [1.82, 2.24) is 0 Å². The predicted molar refractivity (Wildman–Crippen MR) is 18.4 cm³/mol. The van der Waals surface area contributed by atoms with Gasteiger partial charge in [-0.25, -0.2) is 10.5 Å². The van der Waals surface area contributed by atoms with E-state index in [9.17, 15) is 0 Å². The van der Waals surface area contributed by atoms with Crippen LogP contribution in [-0.2, 0) is 0 Å². The molecular formula is C2HBN2. The summed E-state index contributed by atoms with van der Waals surface area (Å²) in [5, 5.41) is 15.2. The Morgan fingerprint density at radius 3 is 1.60 bits per heavy atom. The van der Waals surface area contributed by atoms with Crippen LogP contribution in [0.4, 0.5) is 0 Å². The quantitative estimate of drug-likeness (QED) is 0.352. The lowest BCUT2D eigenvalue weighted by atomic mass is 9.85. The highest BCUT2D eigenvalue weighted by Crippen LogP contribution is 1.38. The second-order valence-electron chi connectivity index (χ2n) is 0.493. The summed E-state index contributed by atoms with van der Waals surface area (Å²) in [5.74, 6) is 3.31. The lowest BCUT2D eigenvalue weighted by Crippen LogP contribution is -1.70. The molecule has 0 spiro atoms. The molecule has 0 aliphatic carbocycles. The second kappa shape index (κ2) is 3.04. The number of rotatable bonds is 0. The molecule has 0 aromatic rings. The van der Waals surface area contributed by atoms with E-state index >= 15 is 0 Å². The maximum absolute atomic E-state index is 7.59. The number of hydrogen-bond acceptors (Lipinski definition) is 2. The zero-order valence-corrected chi connectivity index (χ0v) is 2.60. The van der Waals surface area contributed by atoms with E-state index in [1.165, 1.54) is 0 Å². The highest BCUT2D eigenvalue weighted by atomic mass is 14.2. The first-order valence-electron chi connectivity index (χ1n) is 1.15. The standard InChI is InChI=1S/C2HBN2/c4-1-3-2-5/h3H. The molecule has 0 N–H and O–H groups in total. The Morgan fingerprint density at radius 1 is 1.20 bits per heavy atom. The van der Waals surface area contributed by atoms with E-state index in [4.69, 9.17) is 10.5 Å². The highest BCUT2D eigenvalue weighted by molar-refractivity contribution is 6.53. The Balaban J connectivity index is 2.86. The molecule has 0 aromatic heterocycles. The SMILES string of the molecule is N#CBC#N. The van der Waals surface area contributed by atoms with Gasteiger partial charge in [-0.05, 0) is 0 Å². The Hall–Kier alpha value is -0.955. The van der Waals surface area contributed by atoms with E-state index in [0.717, 1.165) is 0 Å². The van der Waals surface area contributed by atoms with Gasteiger partial charge in [0.2, 0.25) is 0 Å². The van der Waals surface area contributed by atoms with Gasteiger partial charge in [-0.15, -0.1) is 0 Å².